The Labute approximate surface area is 87.4 Å². The maximum absolute atomic E-state index is 9.74. The summed E-state index contributed by atoms with van der Waals surface area (Å²) in [6.07, 6.45) is -4.55. The van der Waals surface area contributed by atoms with E-state index in [2.05, 4.69) is 0 Å². The van der Waals surface area contributed by atoms with Crippen LogP contribution in [-0.2, 0) is 14.2 Å². The van der Waals surface area contributed by atoms with Gasteiger partial charge in [-0.2, -0.15) is 0 Å². The van der Waals surface area contributed by atoms with Crippen LogP contribution in [0.25, 0.3) is 0 Å². The van der Waals surface area contributed by atoms with Gasteiger partial charge in [-0.1, -0.05) is 0 Å². The second kappa shape index (κ2) is 3.65. The molecule has 2 rings (SSSR count). The molecule has 3 unspecified atom stereocenters. The van der Waals surface area contributed by atoms with Crippen molar-refractivity contribution in [3.8, 4) is 0 Å². The van der Waals surface area contributed by atoms with Gasteiger partial charge in [-0.15, -0.1) is 0 Å². The summed E-state index contributed by atoms with van der Waals surface area (Å²) in [5, 5.41) is 28.3. The molecule has 0 spiro atoms. The minimum Gasteiger partial charge on any atom is -0.394 e. The van der Waals surface area contributed by atoms with Crippen LogP contribution in [0.4, 0.5) is 0 Å². The molecule has 0 aliphatic carbocycles. The summed E-state index contributed by atoms with van der Waals surface area (Å²) in [4.78, 5) is 0. The van der Waals surface area contributed by atoms with Crippen LogP contribution >= 0.6 is 0 Å². The molecule has 6 nitrogen and oxygen atoms in total. The first kappa shape index (κ1) is 11.3. The fourth-order valence-electron chi connectivity index (χ4n) is 1.91. The zero-order valence-electron chi connectivity index (χ0n) is 8.66. The minimum atomic E-state index is -1.16. The molecule has 2 aliphatic heterocycles. The first-order valence-corrected chi connectivity index (χ1v) is 4.93. The van der Waals surface area contributed by atoms with Gasteiger partial charge < -0.3 is 29.5 Å². The van der Waals surface area contributed by atoms with Crippen LogP contribution in [-0.4, -0.2) is 58.4 Å². The molecule has 2 fully saturated rings. The summed E-state index contributed by atoms with van der Waals surface area (Å²) in [7, 11) is 0. The summed E-state index contributed by atoms with van der Waals surface area (Å²) < 4.78 is 16.0. The van der Waals surface area contributed by atoms with E-state index in [4.69, 9.17) is 19.3 Å². The molecule has 5 atom stereocenters. The molecule has 2 aliphatic rings. The zero-order chi connectivity index (χ0) is 11.2. The highest BCUT2D eigenvalue weighted by molar-refractivity contribution is 4.93. The third-order valence-corrected chi connectivity index (χ3v) is 2.64. The second-order valence-electron chi connectivity index (χ2n) is 4.31. The zero-order valence-corrected chi connectivity index (χ0v) is 8.66. The highest BCUT2D eigenvalue weighted by atomic mass is 16.8. The van der Waals surface area contributed by atoms with Gasteiger partial charge in [0.2, 0.25) is 0 Å². The largest absolute Gasteiger partial charge is 0.394 e. The molecule has 6 heteroatoms. The molecule has 15 heavy (non-hydrogen) atoms. The number of fused-ring (bicyclic) bond motifs is 1. The molecular formula is C9H16O6. The van der Waals surface area contributed by atoms with Crippen LogP contribution in [0.5, 0.6) is 0 Å². The monoisotopic (exact) mass is 220 g/mol. The van der Waals surface area contributed by atoms with E-state index in [9.17, 15) is 10.2 Å². The predicted molar refractivity (Wildman–Crippen MR) is 47.8 cm³/mol. The fourth-order valence-corrected chi connectivity index (χ4v) is 1.91. The van der Waals surface area contributed by atoms with E-state index in [1.165, 1.54) is 0 Å². The van der Waals surface area contributed by atoms with E-state index in [0.717, 1.165) is 0 Å². The smallest absolute Gasteiger partial charge is 0.190 e. The Morgan fingerprint density at radius 2 is 1.80 bits per heavy atom. The van der Waals surface area contributed by atoms with E-state index in [-0.39, 0.29) is 6.61 Å². The van der Waals surface area contributed by atoms with Crippen molar-refractivity contribution in [3.63, 3.8) is 0 Å². The van der Waals surface area contributed by atoms with E-state index < -0.39 is 36.5 Å². The standard InChI is InChI=1S/C9H16O6/c1-9(2)14-7-6(12)5(11)4(3-10)13-8(7)15-9/h4-8,10-12H,3H2,1-2H3/t4?,5-,6?,7?,8+/m1/s1. The molecule has 2 heterocycles. The molecule has 88 valence electrons. The van der Waals surface area contributed by atoms with Crippen molar-refractivity contribution in [3.05, 3.63) is 0 Å². The first-order valence-electron chi connectivity index (χ1n) is 4.93. The lowest BCUT2D eigenvalue weighted by Gasteiger charge is -2.36. The predicted octanol–water partition coefficient (Wildman–Crippen LogP) is -1.42. The highest BCUT2D eigenvalue weighted by Gasteiger charge is 2.53. The molecule has 0 saturated carbocycles. The molecule has 3 N–H and O–H groups in total. The third kappa shape index (κ3) is 1.89. The van der Waals surface area contributed by atoms with E-state index in [1.54, 1.807) is 13.8 Å². The van der Waals surface area contributed by atoms with Crippen LogP contribution in [0.2, 0.25) is 0 Å². The van der Waals surface area contributed by atoms with Gasteiger partial charge in [-0.25, -0.2) is 0 Å². The van der Waals surface area contributed by atoms with Crippen LogP contribution in [0.1, 0.15) is 13.8 Å². The Hall–Kier alpha value is -0.240. The van der Waals surface area contributed by atoms with Crippen LogP contribution in [0, 0.1) is 0 Å². The second-order valence-corrected chi connectivity index (χ2v) is 4.31. The highest BCUT2D eigenvalue weighted by Crippen LogP contribution is 2.35. The summed E-state index contributed by atoms with van der Waals surface area (Å²) in [5.41, 5.74) is 0. The van der Waals surface area contributed by atoms with Crippen molar-refractivity contribution in [1.82, 2.24) is 0 Å². The number of hydrogen-bond donors (Lipinski definition) is 3. The topological polar surface area (TPSA) is 88.4 Å². The first-order chi connectivity index (χ1) is 6.94. The van der Waals surface area contributed by atoms with Crippen LogP contribution < -0.4 is 0 Å². The number of aliphatic hydroxyl groups is 3. The number of aliphatic hydroxyl groups excluding tert-OH is 3. The molecular weight excluding hydrogens is 204 g/mol. The van der Waals surface area contributed by atoms with Gasteiger partial charge in [0.15, 0.2) is 12.1 Å². The van der Waals surface area contributed by atoms with Crippen molar-refractivity contribution >= 4 is 0 Å². The van der Waals surface area contributed by atoms with Crippen molar-refractivity contribution in [2.45, 2.75) is 50.3 Å². The molecule has 0 bridgehead atoms. The summed E-state index contributed by atoms with van der Waals surface area (Å²) in [6.45, 7) is 3.02. The lowest BCUT2D eigenvalue weighted by Crippen LogP contribution is -2.57. The number of hydrogen-bond acceptors (Lipinski definition) is 6. The fraction of sp³-hybridized carbons (Fsp3) is 1.00. The lowest BCUT2D eigenvalue weighted by atomic mass is 9.99. The van der Waals surface area contributed by atoms with Crippen LogP contribution in [0.3, 0.4) is 0 Å². The quantitative estimate of drug-likeness (QED) is 0.502. The maximum atomic E-state index is 9.74. The Bertz CT molecular complexity index is 243. The number of rotatable bonds is 1. The number of ether oxygens (including phenoxy) is 3. The Balaban J connectivity index is 2.13. The Morgan fingerprint density at radius 3 is 2.40 bits per heavy atom. The Kier molecular flexibility index (Phi) is 2.74. The molecule has 0 aromatic heterocycles. The average Bonchev–Trinajstić information content (AvgIpc) is 2.47. The maximum Gasteiger partial charge on any atom is 0.190 e. The minimum absolute atomic E-state index is 0.370. The van der Waals surface area contributed by atoms with Crippen molar-refractivity contribution < 1.29 is 29.5 Å². The van der Waals surface area contributed by atoms with Crippen molar-refractivity contribution in [1.29, 1.82) is 0 Å². The molecule has 0 aromatic rings. The summed E-state index contributed by atoms with van der Waals surface area (Å²) in [5.74, 6) is -0.847. The van der Waals surface area contributed by atoms with Crippen molar-refractivity contribution in [2.24, 2.45) is 0 Å². The van der Waals surface area contributed by atoms with Gasteiger partial charge in [0, 0.05) is 0 Å². The molecule has 2 saturated heterocycles. The SMILES string of the molecule is CC1(C)OC2C(O)[C@H](O)C(CO)O[C@H]2O1. The van der Waals surface area contributed by atoms with Gasteiger partial charge in [-0.05, 0) is 13.8 Å². The van der Waals surface area contributed by atoms with E-state index in [0.29, 0.717) is 0 Å². The average molecular weight is 220 g/mol. The van der Waals surface area contributed by atoms with Crippen molar-refractivity contribution in [2.75, 3.05) is 6.61 Å². The molecule has 0 amide bonds. The third-order valence-electron chi connectivity index (χ3n) is 2.64. The van der Waals surface area contributed by atoms with Gasteiger partial charge in [0.25, 0.3) is 0 Å². The summed E-state index contributed by atoms with van der Waals surface area (Å²) in [6, 6.07) is 0. The van der Waals surface area contributed by atoms with Gasteiger partial charge in [0.05, 0.1) is 6.61 Å². The van der Waals surface area contributed by atoms with Gasteiger partial charge >= 0.3 is 0 Å². The molecule has 0 radical (unpaired) electrons. The van der Waals surface area contributed by atoms with Gasteiger partial charge in [0.1, 0.15) is 24.4 Å². The van der Waals surface area contributed by atoms with Crippen LogP contribution in [0.15, 0.2) is 0 Å². The normalized spacial score (nSPS) is 49.0. The van der Waals surface area contributed by atoms with E-state index >= 15 is 0 Å². The van der Waals surface area contributed by atoms with Gasteiger partial charge in [-0.3, -0.25) is 0 Å². The lowest BCUT2D eigenvalue weighted by molar-refractivity contribution is -0.256. The van der Waals surface area contributed by atoms with E-state index in [1.807, 2.05) is 0 Å². The summed E-state index contributed by atoms with van der Waals surface area (Å²) >= 11 is 0. The Morgan fingerprint density at radius 1 is 1.13 bits per heavy atom. The molecule has 0 aromatic carbocycles.